The van der Waals surface area contributed by atoms with Crippen LogP contribution in [0.5, 0.6) is 0 Å². The van der Waals surface area contributed by atoms with Crippen LogP contribution >= 0.6 is 11.9 Å². The number of alkyl carbamates (subject to hydrolysis) is 1. The van der Waals surface area contributed by atoms with Gasteiger partial charge in [0.05, 0.1) is 18.6 Å². The summed E-state index contributed by atoms with van der Waals surface area (Å²) >= 11 is 1.71. The maximum absolute atomic E-state index is 12.4. The second kappa shape index (κ2) is 11.5. The molecule has 4 rings (SSSR count). The smallest absolute Gasteiger partial charge is 0.407 e. The van der Waals surface area contributed by atoms with Crippen molar-refractivity contribution in [3.63, 3.8) is 0 Å². The fourth-order valence-corrected chi connectivity index (χ4v) is 6.16. The van der Waals surface area contributed by atoms with Gasteiger partial charge in [-0.2, -0.15) is 0 Å². The summed E-state index contributed by atoms with van der Waals surface area (Å²) < 4.78 is 19.4. The molecule has 35 heavy (non-hydrogen) atoms. The van der Waals surface area contributed by atoms with E-state index in [2.05, 4.69) is 42.5 Å². The number of nitrogens with zero attached hydrogens (tertiary/aromatic N) is 1. The summed E-state index contributed by atoms with van der Waals surface area (Å²) in [4.78, 5) is 25.3. The van der Waals surface area contributed by atoms with Crippen molar-refractivity contribution in [2.45, 2.75) is 69.2 Å². The third-order valence-electron chi connectivity index (χ3n) is 7.26. The number of carbonyl (C=O) groups excluding carboxylic acids is 2. The highest BCUT2D eigenvalue weighted by Crippen LogP contribution is 2.48. The number of primary amides is 1. The Balaban J connectivity index is 1.22. The number of carbonyl (C=O) groups is 2. The molecule has 2 amide bonds. The van der Waals surface area contributed by atoms with Crippen molar-refractivity contribution in [3.05, 3.63) is 29.8 Å². The van der Waals surface area contributed by atoms with Gasteiger partial charge in [0.1, 0.15) is 6.10 Å². The molecule has 3 N–H and O–H groups in total. The fourth-order valence-electron chi connectivity index (χ4n) is 5.01. The van der Waals surface area contributed by atoms with Gasteiger partial charge >= 0.3 is 6.09 Å². The first-order valence-corrected chi connectivity index (χ1v) is 13.6. The molecular formula is C26H39N3O5S. The SMILES string of the molecule is CC(C)CN(CCCNC(=O)OC1CCOC2OCC1C2C)Sc1ccc(C2(C(N)=O)CC2)cc1. The molecule has 2 saturated heterocycles. The molecule has 8 nitrogen and oxygen atoms in total. The third kappa shape index (κ3) is 6.50. The monoisotopic (exact) mass is 505 g/mol. The fraction of sp³-hybridized carbons (Fsp3) is 0.692. The lowest BCUT2D eigenvalue weighted by atomic mass is 9.90. The molecule has 1 aliphatic carbocycles. The van der Waals surface area contributed by atoms with Gasteiger partial charge in [-0.15, -0.1) is 0 Å². The Kier molecular flexibility index (Phi) is 8.63. The summed E-state index contributed by atoms with van der Waals surface area (Å²) in [6.07, 6.45) is 2.50. The van der Waals surface area contributed by atoms with E-state index < -0.39 is 5.41 Å². The normalized spacial score (nSPS) is 27.0. The third-order valence-corrected chi connectivity index (χ3v) is 8.34. The Hall–Kier alpha value is -1.81. The Labute approximate surface area is 212 Å². The maximum Gasteiger partial charge on any atom is 0.407 e. The van der Waals surface area contributed by atoms with E-state index in [4.69, 9.17) is 19.9 Å². The van der Waals surface area contributed by atoms with Crippen molar-refractivity contribution < 1.29 is 23.8 Å². The van der Waals surface area contributed by atoms with Gasteiger partial charge in [-0.3, -0.25) is 4.79 Å². The van der Waals surface area contributed by atoms with Crippen LogP contribution in [-0.4, -0.2) is 61.5 Å². The molecule has 194 valence electrons. The molecular weight excluding hydrogens is 466 g/mol. The van der Waals surface area contributed by atoms with Crippen molar-refractivity contribution in [2.75, 3.05) is 32.8 Å². The lowest BCUT2D eigenvalue weighted by Gasteiger charge is -2.24. The number of fused-ring (bicyclic) bond motifs is 2. The van der Waals surface area contributed by atoms with E-state index in [0.717, 1.165) is 42.8 Å². The van der Waals surface area contributed by atoms with E-state index in [1.165, 1.54) is 0 Å². The minimum Gasteiger partial charge on any atom is -0.446 e. The van der Waals surface area contributed by atoms with Gasteiger partial charge in [0, 0.05) is 42.8 Å². The zero-order valence-electron chi connectivity index (χ0n) is 21.0. The van der Waals surface area contributed by atoms with E-state index in [1.807, 2.05) is 12.1 Å². The molecule has 4 unspecified atom stereocenters. The first-order valence-electron chi connectivity index (χ1n) is 12.8. The molecule has 0 radical (unpaired) electrons. The van der Waals surface area contributed by atoms with E-state index in [1.54, 1.807) is 11.9 Å². The molecule has 0 spiro atoms. The highest BCUT2D eigenvalue weighted by Gasteiger charge is 2.49. The van der Waals surface area contributed by atoms with Gasteiger partial charge in [-0.1, -0.05) is 32.9 Å². The number of hydrogen-bond acceptors (Lipinski definition) is 7. The zero-order chi connectivity index (χ0) is 25.0. The minimum absolute atomic E-state index is 0.169. The molecule has 2 bridgehead atoms. The number of nitrogens with two attached hydrogens (primary N) is 1. The Morgan fingerprint density at radius 1 is 1.26 bits per heavy atom. The predicted octanol–water partition coefficient (Wildman–Crippen LogP) is 3.68. The molecule has 1 saturated carbocycles. The molecule has 1 aromatic carbocycles. The van der Waals surface area contributed by atoms with Gasteiger partial charge in [0.2, 0.25) is 5.91 Å². The molecule has 3 fully saturated rings. The Morgan fingerprint density at radius 3 is 2.66 bits per heavy atom. The van der Waals surface area contributed by atoms with Crippen LogP contribution in [0.15, 0.2) is 29.2 Å². The lowest BCUT2D eigenvalue weighted by molar-refractivity contribution is -0.131. The van der Waals surface area contributed by atoms with Crippen LogP contribution in [-0.2, 0) is 24.4 Å². The van der Waals surface area contributed by atoms with Gasteiger partial charge in [0.15, 0.2) is 6.29 Å². The first kappa shape index (κ1) is 26.3. The zero-order valence-corrected chi connectivity index (χ0v) is 21.9. The Morgan fingerprint density at radius 2 is 2.00 bits per heavy atom. The summed E-state index contributed by atoms with van der Waals surface area (Å²) in [6, 6.07) is 8.20. The van der Waals surface area contributed by atoms with Crippen molar-refractivity contribution in [3.8, 4) is 0 Å². The molecule has 3 aliphatic rings. The summed E-state index contributed by atoms with van der Waals surface area (Å²) in [7, 11) is 0. The van der Waals surface area contributed by atoms with Crippen LogP contribution in [0, 0.1) is 17.8 Å². The quantitative estimate of drug-likeness (QED) is 0.349. The van der Waals surface area contributed by atoms with Gasteiger partial charge < -0.3 is 25.3 Å². The number of hydrogen-bond donors (Lipinski definition) is 2. The maximum atomic E-state index is 12.4. The lowest BCUT2D eigenvalue weighted by Crippen LogP contribution is -2.36. The van der Waals surface area contributed by atoms with E-state index in [9.17, 15) is 9.59 Å². The van der Waals surface area contributed by atoms with E-state index in [0.29, 0.717) is 32.1 Å². The highest BCUT2D eigenvalue weighted by molar-refractivity contribution is 7.97. The summed E-state index contributed by atoms with van der Waals surface area (Å²) in [5.41, 5.74) is 6.17. The molecule has 1 aromatic rings. The predicted molar refractivity (Wildman–Crippen MR) is 135 cm³/mol. The van der Waals surface area contributed by atoms with Crippen LogP contribution in [0.1, 0.15) is 52.0 Å². The molecule has 4 atom stereocenters. The first-order chi connectivity index (χ1) is 16.8. The molecule has 9 heteroatoms. The van der Waals surface area contributed by atoms with Crippen molar-refractivity contribution in [1.29, 1.82) is 0 Å². The van der Waals surface area contributed by atoms with Crippen LogP contribution in [0.3, 0.4) is 0 Å². The van der Waals surface area contributed by atoms with Crippen LogP contribution in [0.2, 0.25) is 0 Å². The largest absolute Gasteiger partial charge is 0.446 e. The highest BCUT2D eigenvalue weighted by atomic mass is 32.2. The van der Waals surface area contributed by atoms with Crippen LogP contribution in [0.25, 0.3) is 0 Å². The average molecular weight is 506 g/mol. The minimum atomic E-state index is -0.449. The summed E-state index contributed by atoms with van der Waals surface area (Å²) in [5.74, 6) is 0.709. The van der Waals surface area contributed by atoms with Crippen LogP contribution in [0.4, 0.5) is 4.79 Å². The van der Waals surface area contributed by atoms with Crippen molar-refractivity contribution >= 4 is 23.9 Å². The van der Waals surface area contributed by atoms with Gasteiger partial charge in [-0.05, 0) is 54.8 Å². The van der Waals surface area contributed by atoms with Gasteiger partial charge in [0.25, 0.3) is 0 Å². The van der Waals surface area contributed by atoms with Gasteiger partial charge in [-0.25, -0.2) is 9.10 Å². The number of benzene rings is 1. The summed E-state index contributed by atoms with van der Waals surface area (Å²) in [5, 5.41) is 2.92. The topological polar surface area (TPSA) is 103 Å². The molecule has 2 aliphatic heterocycles. The second-order valence-electron chi connectivity index (χ2n) is 10.5. The number of ether oxygens (including phenoxy) is 3. The van der Waals surface area contributed by atoms with E-state index >= 15 is 0 Å². The second-order valence-corrected chi connectivity index (χ2v) is 11.6. The van der Waals surface area contributed by atoms with Crippen molar-refractivity contribution in [2.24, 2.45) is 23.5 Å². The number of nitrogens with one attached hydrogen (secondary N) is 1. The number of rotatable bonds is 11. The van der Waals surface area contributed by atoms with Crippen LogP contribution < -0.4 is 11.1 Å². The number of amides is 2. The standard InChI is InChI=1S/C26H39N3O5S/c1-17(2)15-29(35-20-7-5-19(6-8-20)26(10-11-26)24(27)30)13-4-12-28-25(31)34-22-9-14-32-23-18(3)21(22)16-33-23/h5-8,17-18,21-23H,4,9-16H2,1-3H3,(H2,27,30)(H,28,31). The average Bonchev–Trinajstić information content (AvgIpc) is 3.55. The van der Waals surface area contributed by atoms with E-state index in [-0.39, 0.29) is 36.2 Å². The molecule has 0 aromatic heterocycles. The molecule has 2 heterocycles. The summed E-state index contributed by atoms with van der Waals surface area (Å²) in [6.45, 7) is 9.95. The van der Waals surface area contributed by atoms with Crippen molar-refractivity contribution in [1.82, 2.24) is 9.62 Å². The Bertz CT molecular complexity index is 876.